The van der Waals surface area contributed by atoms with Crippen molar-refractivity contribution in [3.63, 3.8) is 0 Å². The van der Waals surface area contributed by atoms with Crippen LogP contribution in [0.1, 0.15) is 58.3 Å². The topological polar surface area (TPSA) is 0 Å². The van der Waals surface area contributed by atoms with Crippen molar-refractivity contribution in [3.8, 4) is 0 Å². The zero-order valence-corrected chi connectivity index (χ0v) is 10.9. The molecule has 14 heavy (non-hydrogen) atoms. The van der Waals surface area contributed by atoms with E-state index in [0.29, 0.717) is 0 Å². The molecule has 0 aromatic heterocycles. The molecule has 0 N–H and O–H groups in total. The molecular weight excluding hydrogens is 236 g/mol. The molecule has 2 fully saturated rings. The van der Waals surface area contributed by atoms with Crippen LogP contribution in [0, 0.1) is 17.8 Å². The third kappa shape index (κ3) is 3.25. The Morgan fingerprint density at radius 2 is 2.00 bits per heavy atom. The number of hydrogen-bond acceptors (Lipinski definition) is 0. The fourth-order valence-corrected chi connectivity index (χ4v) is 3.70. The first kappa shape index (κ1) is 11.0. The maximum absolute atomic E-state index is 3.85. The van der Waals surface area contributed by atoms with E-state index in [0.717, 1.165) is 22.6 Å². The van der Waals surface area contributed by atoms with Crippen LogP contribution in [0.25, 0.3) is 0 Å². The normalized spacial score (nSPS) is 35.6. The Labute approximate surface area is 97.0 Å². The number of alkyl halides is 1. The third-order valence-electron chi connectivity index (χ3n) is 4.03. The lowest BCUT2D eigenvalue weighted by Crippen LogP contribution is -2.14. The highest BCUT2D eigenvalue weighted by Crippen LogP contribution is 2.40. The Morgan fingerprint density at radius 3 is 2.64 bits per heavy atom. The second kappa shape index (κ2) is 5.01. The highest BCUT2D eigenvalue weighted by atomic mass is 79.9. The molecule has 3 atom stereocenters. The van der Waals surface area contributed by atoms with Crippen LogP contribution >= 0.6 is 15.9 Å². The Kier molecular flexibility index (Phi) is 3.93. The first-order chi connectivity index (χ1) is 6.75. The lowest BCUT2D eigenvalue weighted by molar-refractivity contribution is 0.264. The summed E-state index contributed by atoms with van der Waals surface area (Å²) in [6.07, 6.45) is 11.9. The molecule has 0 aliphatic heterocycles. The molecule has 0 aromatic carbocycles. The van der Waals surface area contributed by atoms with Gasteiger partial charge in [0.25, 0.3) is 0 Å². The van der Waals surface area contributed by atoms with Gasteiger partial charge in [-0.25, -0.2) is 0 Å². The van der Waals surface area contributed by atoms with Gasteiger partial charge in [-0.3, -0.25) is 0 Å². The molecule has 0 spiro atoms. The highest BCUT2D eigenvalue weighted by Gasteiger charge is 2.29. The summed E-state index contributed by atoms with van der Waals surface area (Å²) in [4.78, 5) is 0.847. The second-order valence-electron chi connectivity index (χ2n) is 5.57. The van der Waals surface area contributed by atoms with Crippen LogP contribution in [0.4, 0.5) is 0 Å². The Bertz CT molecular complexity index is 174. The summed E-state index contributed by atoms with van der Waals surface area (Å²) >= 11 is 3.85. The van der Waals surface area contributed by atoms with E-state index in [1.54, 1.807) is 0 Å². The standard InChI is InChI=1S/C13H23Br/c1-10-3-2-4-11(9-10)5-8-13(14)12-6-7-12/h10-13H,2-9H2,1H3. The fraction of sp³-hybridized carbons (Fsp3) is 1.00. The summed E-state index contributed by atoms with van der Waals surface area (Å²) in [5.74, 6) is 3.09. The van der Waals surface area contributed by atoms with Crippen LogP contribution in [-0.2, 0) is 0 Å². The van der Waals surface area contributed by atoms with Crippen LogP contribution in [0.2, 0.25) is 0 Å². The first-order valence-corrected chi connectivity index (χ1v) is 7.31. The summed E-state index contributed by atoms with van der Waals surface area (Å²) in [6.45, 7) is 2.43. The van der Waals surface area contributed by atoms with Gasteiger partial charge in [0.15, 0.2) is 0 Å². The fourth-order valence-electron chi connectivity index (χ4n) is 2.91. The highest BCUT2D eigenvalue weighted by molar-refractivity contribution is 9.09. The van der Waals surface area contributed by atoms with Crippen molar-refractivity contribution in [1.82, 2.24) is 0 Å². The van der Waals surface area contributed by atoms with E-state index in [2.05, 4.69) is 22.9 Å². The van der Waals surface area contributed by atoms with Crippen LogP contribution in [0.3, 0.4) is 0 Å². The molecule has 0 saturated heterocycles. The summed E-state index contributed by atoms with van der Waals surface area (Å²) in [5, 5.41) is 0. The molecule has 0 nitrogen and oxygen atoms in total. The van der Waals surface area contributed by atoms with Crippen LogP contribution in [0.15, 0.2) is 0 Å². The van der Waals surface area contributed by atoms with Gasteiger partial charge in [-0.05, 0) is 49.9 Å². The maximum atomic E-state index is 3.85. The van der Waals surface area contributed by atoms with Gasteiger partial charge >= 0.3 is 0 Å². The third-order valence-corrected chi connectivity index (χ3v) is 5.23. The van der Waals surface area contributed by atoms with E-state index in [1.165, 1.54) is 51.4 Å². The van der Waals surface area contributed by atoms with Gasteiger partial charge in [0.05, 0.1) is 0 Å². The van der Waals surface area contributed by atoms with E-state index in [4.69, 9.17) is 0 Å². The van der Waals surface area contributed by atoms with Gasteiger partial charge in [0.1, 0.15) is 0 Å². The van der Waals surface area contributed by atoms with E-state index in [-0.39, 0.29) is 0 Å². The molecular formula is C13H23Br. The lowest BCUT2D eigenvalue weighted by atomic mass is 9.80. The molecule has 1 heteroatoms. The molecule has 0 radical (unpaired) electrons. The van der Waals surface area contributed by atoms with Gasteiger partial charge in [0.2, 0.25) is 0 Å². The average molecular weight is 259 g/mol. The number of hydrogen-bond donors (Lipinski definition) is 0. The smallest absolute Gasteiger partial charge is 0.0174 e. The molecule has 0 amide bonds. The molecule has 2 rings (SSSR count). The van der Waals surface area contributed by atoms with E-state index in [9.17, 15) is 0 Å². The SMILES string of the molecule is CC1CCCC(CCC(Br)C2CC2)C1. The van der Waals surface area contributed by atoms with E-state index < -0.39 is 0 Å². The van der Waals surface area contributed by atoms with Gasteiger partial charge < -0.3 is 0 Å². The minimum absolute atomic E-state index is 0.847. The van der Waals surface area contributed by atoms with Crippen molar-refractivity contribution in [2.75, 3.05) is 0 Å². The van der Waals surface area contributed by atoms with Crippen molar-refractivity contribution in [2.24, 2.45) is 17.8 Å². The van der Waals surface area contributed by atoms with Crippen LogP contribution in [-0.4, -0.2) is 4.83 Å². The molecule has 3 unspecified atom stereocenters. The summed E-state index contributed by atoms with van der Waals surface area (Å²) in [5.41, 5.74) is 0. The molecule has 0 heterocycles. The molecule has 2 aliphatic carbocycles. The molecule has 2 saturated carbocycles. The first-order valence-electron chi connectivity index (χ1n) is 6.39. The van der Waals surface area contributed by atoms with Crippen molar-refractivity contribution in [1.29, 1.82) is 0 Å². The predicted molar refractivity (Wildman–Crippen MR) is 65.8 cm³/mol. The van der Waals surface area contributed by atoms with E-state index >= 15 is 0 Å². The number of rotatable bonds is 4. The van der Waals surface area contributed by atoms with Gasteiger partial charge in [0, 0.05) is 4.83 Å². The zero-order valence-electron chi connectivity index (χ0n) is 9.34. The summed E-state index contributed by atoms with van der Waals surface area (Å²) in [6, 6.07) is 0. The Morgan fingerprint density at radius 1 is 1.21 bits per heavy atom. The minimum atomic E-state index is 0.847. The molecule has 2 aliphatic rings. The predicted octanol–water partition coefficient (Wildman–Crippen LogP) is 4.77. The van der Waals surface area contributed by atoms with Crippen LogP contribution in [0.5, 0.6) is 0 Å². The van der Waals surface area contributed by atoms with Crippen molar-refractivity contribution in [2.45, 2.75) is 63.1 Å². The van der Waals surface area contributed by atoms with Gasteiger partial charge in [-0.2, -0.15) is 0 Å². The lowest BCUT2D eigenvalue weighted by Gasteiger charge is -2.27. The molecule has 0 aromatic rings. The monoisotopic (exact) mass is 258 g/mol. The minimum Gasteiger partial charge on any atom is -0.0888 e. The quantitative estimate of drug-likeness (QED) is 0.638. The van der Waals surface area contributed by atoms with Crippen LogP contribution < -0.4 is 0 Å². The maximum Gasteiger partial charge on any atom is 0.0174 e. The molecule has 0 bridgehead atoms. The van der Waals surface area contributed by atoms with Crippen molar-refractivity contribution in [3.05, 3.63) is 0 Å². The van der Waals surface area contributed by atoms with Crippen molar-refractivity contribution < 1.29 is 0 Å². The Hall–Kier alpha value is 0.480. The zero-order chi connectivity index (χ0) is 9.97. The Balaban J connectivity index is 1.63. The van der Waals surface area contributed by atoms with Crippen molar-refractivity contribution >= 4 is 15.9 Å². The van der Waals surface area contributed by atoms with Gasteiger partial charge in [-0.1, -0.05) is 42.1 Å². The largest absolute Gasteiger partial charge is 0.0888 e. The van der Waals surface area contributed by atoms with Gasteiger partial charge in [-0.15, -0.1) is 0 Å². The molecule has 82 valence electrons. The summed E-state index contributed by atoms with van der Waals surface area (Å²) in [7, 11) is 0. The van der Waals surface area contributed by atoms with E-state index in [1.807, 2.05) is 0 Å². The second-order valence-corrected chi connectivity index (χ2v) is 6.74. The average Bonchev–Trinajstić information content (AvgIpc) is 2.97. The summed E-state index contributed by atoms with van der Waals surface area (Å²) < 4.78 is 0. The number of halogens is 1.